The molecule has 2 amide bonds. The first-order valence-electron chi connectivity index (χ1n) is 9.84. The predicted molar refractivity (Wildman–Crippen MR) is 107 cm³/mol. The Labute approximate surface area is 164 Å². The van der Waals surface area contributed by atoms with Crippen LogP contribution in [0.2, 0.25) is 0 Å². The van der Waals surface area contributed by atoms with Crippen molar-refractivity contribution >= 4 is 22.8 Å². The molecule has 0 saturated carbocycles. The predicted octanol–water partition coefficient (Wildman–Crippen LogP) is 2.28. The Kier molecular flexibility index (Phi) is 5.36. The number of urea groups is 1. The highest BCUT2D eigenvalue weighted by Crippen LogP contribution is 2.36. The monoisotopic (exact) mass is 385 g/mol. The number of methoxy groups -OCH3 is 2. The lowest BCUT2D eigenvalue weighted by atomic mass is 9.93. The number of piperidine rings is 1. The second-order valence-electron chi connectivity index (χ2n) is 7.36. The van der Waals surface area contributed by atoms with Gasteiger partial charge in [-0.3, -0.25) is 0 Å². The van der Waals surface area contributed by atoms with Crippen LogP contribution in [0.15, 0.2) is 18.5 Å². The molecular weight excluding hydrogens is 358 g/mol. The number of carbonyl (C=O) groups is 1. The summed E-state index contributed by atoms with van der Waals surface area (Å²) in [5.41, 5.74) is 0.852. The molecule has 1 aromatic carbocycles. The van der Waals surface area contributed by atoms with Crippen LogP contribution in [0, 0.1) is 5.92 Å². The lowest BCUT2D eigenvalue weighted by molar-refractivity contribution is 0.211. The Bertz CT molecular complexity index is 851. The minimum absolute atomic E-state index is 0.0780. The molecule has 0 bridgehead atoms. The Morgan fingerprint density at radius 2 is 1.86 bits per heavy atom. The summed E-state index contributed by atoms with van der Waals surface area (Å²) < 4.78 is 10.8. The van der Waals surface area contributed by atoms with Crippen LogP contribution in [0.25, 0.3) is 10.9 Å². The van der Waals surface area contributed by atoms with Crippen molar-refractivity contribution in [2.75, 3.05) is 51.8 Å². The maximum atomic E-state index is 11.7. The number of amides is 2. The molecule has 0 radical (unpaired) electrons. The molecule has 3 heterocycles. The summed E-state index contributed by atoms with van der Waals surface area (Å²) in [5, 5.41) is 3.84. The molecule has 8 heteroatoms. The number of nitrogens with zero attached hydrogens (tertiary/aromatic N) is 4. The molecule has 0 aliphatic carbocycles. The summed E-state index contributed by atoms with van der Waals surface area (Å²) >= 11 is 0. The van der Waals surface area contributed by atoms with E-state index in [4.69, 9.17) is 9.47 Å². The molecule has 1 N–H and O–H groups in total. The molecule has 0 atom stereocenters. The zero-order valence-electron chi connectivity index (χ0n) is 16.5. The minimum atomic E-state index is 0.0780. The number of aromatic nitrogens is 2. The number of benzene rings is 1. The van der Waals surface area contributed by atoms with E-state index >= 15 is 0 Å². The summed E-state index contributed by atoms with van der Waals surface area (Å²) in [7, 11) is 3.27. The normalized spacial score (nSPS) is 17.9. The highest BCUT2D eigenvalue weighted by Gasteiger charge is 2.25. The molecule has 0 unspecified atom stereocenters. The van der Waals surface area contributed by atoms with E-state index in [1.54, 1.807) is 20.5 Å². The highest BCUT2D eigenvalue weighted by atomic mass is 16.5. The zero-order chi connectivity index (χ0) is 19.5. The van der Waals surface area contributed by atoms with Gasteiger partial charge in [-0.1, -0.05) is 0 Å². The van der Waals surface area contributed by atoms with Gasteiger partial charge in [-0.25, -0.2) is 14.8 Å². The number of anilines is 1. The SMILES string of the molecule is COc1cc2ncnc(N3CCC(CCN4CCNC4=O)CC3)c2cc1OC. The van der Waals surface area contributed by atoms with Crippen molar-refractivity contribution in [1.82, 2.24) is 20.2 Å². The third kappa shape index (κ3) is 3.63. The number of fused-ring (bicyclic) bond motifs is 1. The Hall–Kier alpha value is -2.77. The van der Waals surface area contributed by atoms with Gasteiger partial charge >= 0.3 is 6.03 Å². The number of ether oxygens (including phenoxy) is 2. The summed E-state index contributed by atoms with van der Waals surface area (Å²) in [6.07, 6.45) is 4.89. The van der Waals surface area contributed by atoms with Crippen LogP contribution in [-0.4, -0.2) is 67.8 Å². The van der Waals surface area contributed by atoms with Gasteiger partial charge in [-0.15, -0.1) is 0 Å². The molecule has 1 aromatic heterocycles. The second-order valence-corrected chi connectivity index (χ2v) is 7.36. The van der Waals surface area contributed by atoms with E-state index in [0.717, 1.165) is 68.7 Å². The van der Waals surface area contributed by atoms with E-state index in [0.29, 0.717) is 17.4 Å². The number of rotatable bonds is 6. The summed E-state index contributed by atoms with van der Waals surface area (Å²) in [6, 6.07) is 3.93. The van der Waals surface area contributed by atoms with Crippen molar-refractivity contribution in [3.8, 4) is 11.5 Å². The number of nitrogens with one attached hydrogen (secondary N) is 1. The number of hydrogen-bond donors (Lipinski definition) is 1. The standard InChI is InChI=1S/C20H27N5O3/c1-27-17-11-15-16(12-18(17)28-2)22-13-23-19(15)24-7-3-14(4-8-24)5-9-25-10-6-21-20(25)26/h11-14H,3-10H2,1-2H3,(H,21,26). The van der Waals surface area contributed by atoms with Crippen molar-refractivity contribution in [2.45, 2.75) is 19.3 Å². The highest BCUT2D eigenvalue weighted by molar-refractivity contribution is 5.92. The van der Waals surface area contributed by atoms with Crippen LogP contribution in [0.5, 0.6) is 11.5 Å². The number of carbonyl (C=O) groups excluding carboxylic acids is 1. The second kappa shape index (κ2) is 8.08. The van der Waals surface area contributed by atoms with Gasteiger partial charge in [0.2, 0.25) is 0 Å². The van der Waals surface area contributed by atoms with E-state index in [2.05, 4.69) is 20.2 Å². The fourth-order valence-electron chi connectivity index (χ4n) is 4.12. The molecular formula is C20H27N5O3. The lowest BCUT2D eigenvalue weighted by Gasteiger charge is -2.34. The van der Waals surface area contributed by atoms with Crippen molar-refractivity contribution in [1.29, 1.82) is 0 Å². The van der Waals surface area contributed by atoms with Gasteiger partial charge in [-0.2, -0.15) is 0 Å². The van der Waals surface area contributed by atoms with Crippen LogP contribution < -0.4 is 19.7 Å². The smallest absolute Gasteiger partial charge is 0.317 e. The summed E-state index contributed by atoms with van der Waals surface area (Å²) in [6.45, 7) is 4.36. The fraction of sp³-hybridized carbons (Fsp3) is 0.550. The lowest BCUT2D eigenvalue weighted by Crippen LogP contribution is -2.36. The molecule has 2 fully saturated rings. The molecule has 0 spiro atoms. The average molecular weight is 385 g/mol. The van der Waals surface area contributed by atoms with Crippen LogP contribution in [-0.2, 0) is 0 Å². The van der Waals surface area contributed by atoms with Crippen molar-refractivity contribution < 1.29 is 14.3 Å². The van der Waals surface area contributed by atoms with E-state index in [-0.39, 0.29) is 6.03 Å². The number of hydrogen-bond acceptors (Lipinski definition) is 6. The summed E-state index contributed by atoms with van der Waals surface area (Å²) in [4.78, 5) is 24.9. The molecule has 2 aliphatic heterocycles. The third-order valence-corrected chi connectivity index (χ3v) is 5.79. The van der Waals surface area contributed by atoms with Gasteiger partial charge in [0, 0.05) is 44.2 Å². The summed E-state index contributed by atoms with van der Waals surface area (Å²) in [5.74, 6) is 2.95. The average Bonchev–Trinajstić information content (AvgIpc) is 3.15. The van der Waals surface area contributed by atoms with E-state index in [9.17, 15) is 4.79 Å². The topological polar surface area (TPSA) is 79.8 Å². The quantitative estimate of drug-likeness (QED) is 0.822. The largest absolute Gasteiger partial charge is 0.493 e. The molecule has 4 rings (SSSR count). The van der Waals surface area contributed by atoms with Crippen LogP contribution >= 0.6 is 0 Å². The van der Waals surface area contributed by atoms with Crippen LogP contribution in [0.3, 0.4) is 0 Å². The third-order valence-electron chi connectivity index (χ3n) is 5.79. The zero-order valence-corrected chi connectivity index (χ0v) is 16.5. The van der Waals surface area contributed by atoms with Crippen LogP contribution in [0.4, 0.5) is 10.6 Å². The van der Waals surface area contributed by atoms with Crippen LogP contribution in [0.1, 0.15) is 19.3 Å². The molecule has 28 heavy (non-hydrogen) atoms. The Morgan fingerprint density at radius 3 is 2.54 bits per heavy atom. The van der Waals surface area contributed by atoms with Gasteiger partial charge in [0.25, 0.3) is 0 Å². The fourth-order valence-corrected chi connectivity index (χ4v) is 4.12. The van der Waals surface area contributed by atoms with E-state index in [1.165, 1.54) is 0 Å². The first-order chi connectivity index (χ1) is 13.7. The molecule has 2 aromatic rings. The maximum Gasteiger partial charge on any atom is 0.317 e. The van der Waals surface area contributed by atoms with Crippen molar-refractivity contribution in [3.63, 3.8) is 0 Å². The molecule has 2 aliphatic rings. The van der Waals surface area contributed by atoms with Gasteiger partial charge in [0.15, 0.2) is 11.5 Å². The van der Waals surface area contributed by atoms with Gasteiger partial charge in [0.05, 0.1) is 19.7 Å². The van der Waals surface area contributed by atoms with Crippen molar-refractivity contribution in [2.24, 2.45) is 5.92 Å². The van der Waals surface area contributed by atoms with Crippen molar-refractivity contribution in [3.05, 3.63) is 18.5 Å². The Balaban J connectivity index is 1.44. The molecule has 150 valence electrons. The van der Waals surface area contributed by atoms with Gasteiger partial charge < -0.3 is 24.6 Å². The first-order valence-corrected chi connectivity index (χ1v) is 9.84. The van der Waals surface area contributed by atoms with E-state index in [1.807, 2.05) is 17.0 Å². The van der Waals surface area contributed by atoms with Gasteiger partial charge in [-0.05, 0) is 31.2 Å². The van der Waals surface area contributed by atoms with E-state index < -0.39 is 0 Å². The molecule has 8 nitrogen and oxygen atoms in total. The first kappa shape index (κ1) is 18.6. The minimum Gasteiger partial charge on any atom is -0.493 e. The Morgan fingerprint density at radius 1 is 1.11 bits per heavy atom. The molecule has 2 saturated heterocycles. The maximum absolute atomic E-state index is 11.7. The van der Waals surface area contributed by atoms with Gasteiger partial charge in [0.1, 0.15) is 12.1 Å².